The summed E-state index contributed by atoms with van der Waals surface area (Å²) >= 11 is 0. The van der Waals surface area contributed by atoms with Gasteiger partial charge in [0.25, 0.3) is 0 Å². The van der Waals surface area contributed by atoms with Gasteiger partial charge in [0.2, 0.25) is 5.43 Å². The van der Waals surface area contributed by atoms with Gasteiger partial charge < -0.3 is 20.6 Å². The van der Waals surface area contributed by atoms with Crippen LogP contribution in [0.15, 0.2) is 82.3 Å². The van der Waals surface area contributed by atoms with Crippen molar-refractivity contribution in [2.75, 3.05) is 11.1 Å². The van der Waals surface area contributed by atoms with Crippen LogP contribution in [-0.4, -0.2) is 20.8 Å². The molecular weight excluding hydrogens is 480 g/mol. The Morgan fingerprint density at radius 2 is 1.84 bits per heavy atom. The van der Waals surface area contributed by atoms with E-state index >= 15 is 0 Å². The molecule has 37 heavy (non-hydrogen) atoms. The molecule has 0 spiro atoms. The molecule has 5 rings (SSSR count). The van der Waals surface area contributed by atoms with E-state index in [1.165, 1.54) is 30.6 Å². The Labute approximate surface area is 208 Å². The molecule has 10 heteroatoms. The SMILES string of the molecule is N=C(c1cc(O)cc(F)c1)c1c(N)ncnc1NCc1oc2ccccc2c(=O)c1-c1cccc(F)c1. The third-order valence-electron chi connectivity index (χ3n) is 5.70. The highest BCUT2D eigenvalue weighted by Gasteiger charge is 2.20. The first-order valence-corrected chi connectivity index (χ1v) is 11.1. The lowest BCUT2D eigenvalue weighted by Crippen LogP contribution is -2.16. The Bertz CT molecular complexity index is 1720. The molecule has 3 aromatic carbocycles. The molecular formula is C27H19F2N5O3. The first kappa shape index (κ1) is 23.6. The molecule has 0 aliphatic heterocycles. The average Bonchev–Trinajstić information content (AvgIpc) is 2.86. The number of nitrogens with zero attached hydrogens (tertiary/aromatic N) is 2. The van der Waals surface area contributed by atoms with Crippen LogP contribution in [-0.2, 0) is 6.54 Å². The fourth-order valence-corrected chi connectivity index (χ4v) is 4.06. The van der Waals surface area contributed by atoms with Crippen molar-refractivity contribution in [3.05, 3.63) is 112 Å². The van der Waals surface area contributed by atoms with Crippen LogP contribution in [0.1, 0.15) is 16.9 Å². The van der Waals surface area contributed by atoms with E-state index in [0.717, 1.165) is 12.1 Å². The molecule has 5 aromatic rings. The van der Waals surface area contributed by atoms with Gasteiger partial charge in [-0.1, -0.05) is 24.3 Å². The quantitative estimate of drug-likeness (QED) is 0.245. The van der Waals surface area contributed by atoms with Gasteiger partial charge in [-0.15, -0.1) is 0 Å². The maximum absolute atomic E-state index is 14.0. The van der Waals surface area contributed by atoms with E-state index in [1.807, 2.05) is 0 Å². The summed E-state index contributed by atoms with van der Waals surface area (Å²) in [6.45, 7) is -0.0863. The van der Waals surface area contributed by atoms with Crippen LogP contribution in [0, 0.1) is 17.0 Å². The molecule has 2 heterocycles. The summed E-state index contributed by atoms with van der Waals surface area (Å²) in [4.78, 5) is 21.5. The fraction of sp³-hybridized carbons (Fsp3) is 0.0370. The van der Waals surface area contributed by atoms with E-state index in [-0.39, 0.29) is 57.5 Å². The van der Waals surface area contributed by atoms with Crippen molar-refractivity contribution in [3.8, 4) is 16.9 Å². The number of phenolic OH excluding ortho intramolecular Hbond substituents is 1. The Morgan fingerprint density at radius 3 is 2.62 bits per heavy atom. The lowest BCUT2D eigenvalue weighted by atomic mass is 10.0. The van der Waals surface area contributed by atoms with Crippen LogP contribution in [0.2, 0.25) is 0 Å². The van der Waals surface area contributed by atoms with Gasteiger partial charge in [-0.25, -0.2) is 18.7 Å². The van der Waals surface area contributed by atoms with Crippen LogP contribution in [0.4, 0.5) is 20.4 Å². The highest BCUT2D eigenvalue weighted by Crippen LogP contribution is 2.28. The molecule has 0 amide bonds. The molecule has 0 atom stereocenters. The number of nitrogen functional groups attached to an aromatic ring is 1. The van der Waals surface area contributed by atoms with Crippen LogP contribution in [0.25, 0.3) is 22.1 Å². The number of anilines is 2. The van der Waals surface area contributed by atoms with Crippen LogP contribution < -0.4 is 16.5 Å². The highest BCUT2D eigenvalue weighted by atomic mass is 19.1. The van der Waals surface area contributed by atoms with Crippen LogP contribution in [0.5, 0.6) is 5.75 Å². The van der Waals surface area contributed by atoms with Crippen molar-refractivity contribution in [3.63, 3.8) is 0 Å². The Morgan fingerprint density at radius 1 is 1.03 bits per heavy atom. The molecule has 0 fully saturated rings. The standard InChI is InChI=1S/C27H19F2N5O3/c28-16-5-3-4-14(8-16)22-21(37-20-7-2-1-6-19(20)25(22)36)12-32-27-23(26(31)33-13-34-27)24(30)15-9-17(29)11-18(35)10-15/h1-11,13,30,35H,12H2,(H3,31,32,33,34). The number of aromatic nitrogens is 2. The van der Waals surface area contributed by atoms with Gasteiger partial charge in [-0.2, -0.15) is 0 Å². The topological polar surface area (TPSA) is 138 Å². The van der Waals surface area contributed by atoms with Gasteiger partial charge in [-0.3, -0.25) is 10.2 Å². The number of fused-ring (bicyclic) bond motifs is 1. The summed E-state index contributed by atoms with van der Waals surface area (Å²) in [6, 6.07) is 15.5. The number of aromatic hydroxyl groups is 1. The summed E-state index contributed by atoms with van der Waals surface area (Å²) < 4.78 is 33.9. The monoisotopic (exact) mass is 499 g/mol. The number of hydrogen-bond donors (Lipinski definition) is 4. The van der Waals surface area contributed by atoms with E-state index in [9.17, 15) is 18.7 Å². The van der Waals surface area contributed by atoms with Gasteiger partial charge in [0.1, 0.15) is 46.7 Å². The molecule has 8 nitrogen and oxygen atoms in total. The van der Waals surface area contributed by atoms with Gasteiger partial charge in [0.05, 0.1) is 28.8 Å². The number of nitrogens with two attached hydrogens (primary N) is 1. The second-order valence-corrected chi connectivity index (χ2v) is 8.15. The summed E-state index contributed by atoms with van der Waals surface area (Å²) in [5.41, 5.74) is 6.42. The predicted octanol–water partition coefficient (Wildman–Crippen LogP) is 4.84. The molecule has 0 saturated carbocycles. The molecule has 0 radical (unpaired) electrons. The zero-order valence-electron chi connectivity index (χ0n) is 19.1. The van der Waals surface area contributed by atoms with Gasteiger partial charge in [0.15, 0.2) is 0 Å². The number of para-hydroxylation sites is 1. The largest absolute Gasteiger partial charge is 0.508 e. The van der Waals surface area contributed by atoms with Crippen molar-refractivity contribution in [2.24, 2.45) is 0 Å². The molecule has 2 aromatic heterocycles. The molecule has 0 aliphatic carbocycles. The summed E-state index contributed by atoms with van der Waals surface area (Å²) in [6.07, 6.45) is 1.18. The van der Waals surface area contributed by atoms with Crippen LogP contribution in [0.3, 0.4) is 0 Å². The maximum Gasteiger partial charge on any atom is 0.200 e. The Hall–Kier alpha value is -5.12. The maximum atomic E-state index is 14.0. The van der Waals surface area contributed by atoms with Crippen molar-refractivity contribution < 1.29 is 18.3 Å². The highest BCUT2D eigenvalue weighted by molar-refractivity contribution is 6.16. The minimum atomic E-state index is -0.734. The summed E-state index contributed by atoms with van der Waals surface area (Å²) in [7, 11) is 0. The van der Waals surface area contributed by atoms with Gasteiger partial charge in [0, 0.05) is 11.6 Å². The van der Waals surface area contributed by atoms with Crippen molar-refractivity contribution in [2.45, 2.75) is 6.54 Å². The Kier molecular flexibility index (Phi) is 6.06. The molecule has 5 N–H and O–H groups in total. The van der Waals surface area contributed by atoms with Crippen molar-refractivity contribution in [1.29, 1.82) is 5.41 Å². The second kappa shape index (κ2) is 9.50. The first-order valence-electron chi connectivity index (χ1n) is 11.1. The smallest absolute Gasteiger partial charge is 0.200 e. The van der Waals surface area contributed by atoms with E-state index in [2.05, 4.69) is 15.3 Å². The lowest BCUT2D eigenvalue weighted by Gasteiger charge is -2.15. The summed E-state index contributed by atoms with van der Waals surface area (Å²) in [5, 5.41) is 21.7. The number of benzene rings is 3. The fourth-order valence-electron chi connectivity index (χ4n) is 4.06. The van der Waals surface area contributed by atoms with Gasteiger partial charge >= 0.3 is 0 Å². The van der Waals surface area contributed by atoms with Gasteiger partial charge in [-0.05, 0) is 42.0 Å². The van der Waals surface area contributed by atoms with E-state index in [1.54, 1.807) is 30.3 Å². The van der Waals surface area contributed by atoms with E-state index < -0.39 is 11.6 Å². The number of rotatable bonds is 6. The molecule has 0 aliphatic rings. The summed E-state index contributed by atoms with van der Waals surface area (Å²) in [5.74, 6) is -1.35. The average molecular weight is 499 g/mol. The third-order valence-corrected chi connectivity index (χ3v) is 5.70. The number of phenols is 1. The van der Waals surface area contributed by atoms with E-state index in [4.69, 9.17) is 15.6 Å². The normalized spacial score (nSPS) is 11.0. The number of halogens is 2. The molecule has 0 unspecified atom stereocenters. The minimum absolute atomic E-state index is 0.0553. The molecule has 184 valence electrons. The predicted molar refractivity (Wildman–Crippen MR) is 136 cm³/mol. The first-order chi connectivity index (χ1) is 17.8. The third kappa shape index (κ3) is 4.59. The number of hydrogen-bond acceptors (Lipinski definition) is 8. The second-order valence-electron chi connectivity index (χ2n) is 8.15. The molecule has 0 saturated heterocycles. The molecule has 0 bridgehead atoms. The minimum Gasteiger partial charge on any atom is -0.508 e. The number of nitrogens with one attached hydrogen (secondary N) is 2. The van der Waals surface area contributed by atoms with Crippen LogP contribution >= 0.6 is 0 Å². The van der Waals surface area contributed by atoms with Crippen molar-refractivity contribution in [1.82, 2.24) is 9.97 Å². The zero-order chi connectivity index (χ0) is 26.1. The Balaban J connectivity index is 1.59. The van der Waals surface area contributed by atoms with E-state index in [0.29, 0.717) is 16.5 Å². The zero-order valence-corrected chi connectivity index (χ0v) is 19.1. The van der Waals surface area contributed by atoms with Crippen molar-refractivity contribution >= 4 is 28.3 Å². The lowest BCUT2D eigenvalue weighted by molar-refractivity contribution is 0.469.